The highest BCUT2D eigenvalue weighted by Gasteiger charge is 2.32. The fraction of sp³-hybridized carbons (Fsp3) is 0.562. The molecule has 0 aromatic heterocycles. The maximum Gasteiger partial charge on any atom is 0.228 e. The highest BCUT2D eigenvalue weighted by Crippen LogP contribution is 2.29. The zero-order valence-electron chi connectivity index (χ0n) is 12.7. The zero-order chi connectivity index (χ0) is 14.8. The van der Waals surface area contributed by atoms with Crippen molar-refractivity contribution < 1.29 is 4.79 Å². The molecule has 0 radical (unpaired) electrons. The van der Waals surface area contributed by atoms with Crippen molar-refractivity contribution in [3.63, 3.8) is 0 Å². The third-order valence-corrected chi connectivity index (χ3v) is 3.42. The Morgan fingerprint density at radius 1 is 1.21 bits per heavy atom. The van der Waals surface area contributed by atoms with Crippen molar-refractivity contribution in [2.24, 2.45) is 5.41 Å². The molecule has 0 fully saturated rings. The summed E-state index contributed by atoms with van der Waals surface area (Å²) in [5.74, 6) is 0.162. The summed E-state index contributed by atoms with van der Waals surface area (Å²) in [6.07, 6.45) is 0. The van der Waals surface area contributed by atoms with E-state index in [-0.39, 0.29) is 23.4 Å². The molecular formula is C16H24ClNO. The van der Waals surface area contributed by atoms with Gasteiger partial charge in [0.05, 0.1) is 6.04 Å². The van der Waals surface area contributed by atoms with Gasteiger partial charge in [-0.25, -0.2) is 0 Å². The normalized spacial score (nSPS) is 13.5. The number of halogens is 1. The molecule has 1 rings (SSSR count). The second kappa shape index (κ2) is 5.96. The molecule has 19 heavy (non-hydrogen) atoms. The van der Waals surface area contributed by atoms with Gasteiger partial charge in [-0.05, 0) is 38.5 Å². The van der Waals surface area contributed by atoms with Crippen LogP contribution in [0.1, 0.15) is 53.1 Å². The van der Waals surface area contributed by atoms with Crippen LogP contribution in [-0.4, -0.2) is 16.8 Å². The lowest BCUT2D eigenvalue weighted by atomic mass is 9.92. The molecule has 0 unspecified atom stereocenters. The average molecular weight is 282 g/mol. The Kier molecular flexibility index (Phi) is 5.03. The summed E-state index contributed by atoms with van der Waals surface area (Å²) in [5.41, 5.74) is 0.690. The summed E-state index contributed by atoms with van der Waals surface area (Å²) in [7, 11) is 0. The molecule has 3 heteroatoms. The number of benzene rings is 1. The SMILES string of the molecule is CC(C)N(C(=O)C(C)(C)C)[C@H](C)c1cccc(Cl)c1. The van der Waals surface area contributed by atoms with Gasteiger partial charge in [-0.15, -0.1) is 0 Å². The number of carbonyl (C=O) groups excluding carboxylic acids is 1. The minimum absolute atomic E-state index is 0.0189. The molecule has 0 saturated heterocycles. The van der Waals surface area contributed by atoms with Crippen LogP contribution in [0, 0.1) is 5.41 Å². The lowest BCUT2D eigenvalue weighted by molar-refractivity contribution is -0.143. The minimum Gasteiger partial charge on any atom is -0.333 e. The summed E-state index contributed by atoms with van der Waals surface area (Å²) in [6.45, 7) is 12.0. The van der Waals surface area contributed by atoms with Crippen molar-refractivity contribution in [3.05, 3.63) is 34.9 Å². The van der Waals surface area contributed by atoms with Crippen LogP contribution in [0.15, 0.2) is 24.3 Å². The summed E-state index contributed by atoms with van der Waals surface area (Å²) in [4.78, 5) is 14.5. The van der Waals surface area contributed by atoms with E-state index in [2.05, 4.69) is 6.92 Å². The number of nitrogens with zero attached hydrogens (tertiary/aromatic N) is 1. The van der Waals surface area contributed by atoms with E-state index in [4.69, 9.17) is 11.6 Å². The quantitative estimate of drug-likeness (QED) is 0.787. The Hall–Kier alpha value is -1.02. The molecule has 106 valence electrons. The molecule has 1 aromatic rings. The lowest BCUT2D eigenvalue weighted by Gasteiger charge is -2.37. The molecule has 2 nitrogen and oxygen atoms in total. The maximum absolute atomic E-state index is 12.6. The van der Waals surface area contributed by atoms with Gasteiger partial charge in [-0.2, -0.15) is 0 Å². The first-order chi connectivity index (χ1) is 8.64. The number of carbonyl (C=O) groups is 1. The van der Waals surface area contributed by atoms with Crippen molar-refractivity contribution in [2.75, 3.05) is 0 Å². The zero-order valence-corrected chi connectivity index (χ0v) is 13.5. The first-order valence-corrected chi connectivity index (χ1v) is 7.10. The van der Waals surface area contributed by atoms with Crippen molar-refractivity contribution in [1.82, 2.24) is 4.90 Å². The molecule has 0 aliphatic carbocycles. The van der Waals surface area contributed by atoms with Gasteiger partial charge >= 0.3 is 0 Å². The monoisotopic (exact) mass is 281 g/mol. The van der Waals surface area contributed by atoms with E-state index in [9.17, 15) is 4.79 Å². The van der Waals surface area contributed by atoms with Crippen LogP contribution < -0.4 is 0 Å². The van der Waals surface area contributed by atoms with Gasteiger partial charge in [0.2, 0.25) is 5.91 Å². The summed E-state index contributed by atoms with van der Waals surface area (Å²) < 4.78 is 0. The van der Waals surface area contributed by atoms with Crippen LogP contribution in [0.3, 0.4) is 0 Å². The number of amides is 1. The van der Waals surface area contributed by atoms with E-state index < -0.39 is 0 Å². The van der Waals surface area contributed by atoms with Gasteiger partial charge in [0, 0.05) is 16.5 Å². The number of hydrogen-bond acceptors (Lipinski definition) is 1. The minimum atomic E-state index is -0.378. The van der Waals surface area contributed by atoms with E-state index in [1.807, 2.05) is 63.8 Å². The molecule has 1 atom stereocenters. The van der Waals surface area contributed by atoms with Crippen LogP contribution in [-0.2, 0) is 4.79 Å². The smallest absolute Gasteiger partial charge is 0.228 e. The lowest BCUT2D eigenvalue weighted by Crippen LogP contribution is -2.45. The van der Waals surface area contributed by atoms with Gasteiger partial charge in [0.15, 0.2) is 0 Å². The molecule has 1 amide bonds. The molecule has 0 N–H and O–H groups in total. The van der Waals surface area contributed by atoms with Crippen molar-refractivity contribution in [3.8, 4) is 0 Å². The topological polar surface area (TPSA) is 20.3 Å². The van der Waals surface area contributed by atoms with Crippen molar-refractivity contribution in [1.29, 1.82) is 0 Å². The summed E-state index contributed by atoms with van der Waals surface area (Å²) in [6, 6.07) is 7.89. The Balaban J connectivity index is 3.10. The van der Waals surface area contributed by atoms with E-state index in [1.54, 1.807) is 0 Å². The first-order valence-electron chi connectivity index (χ1n) is 6.73. The Morgan fingerprint density at radius 3 is 2.21 bits per heavy atom. The highest BCUT2D eigenvalue weighted by molar-refractivity contribution is 6.30. The Morgan fingerprint density at radius 2 is 1.79 bits per heavy atom. The van der Waals surface area contributed by atoms with Gasteiger partial charge in [-0.3, -0.25) is 4.79 Å². The molecule has 1 aromatic carbocycles. The maximum atomic E-state index is 12.6. The van der Waals surface area contributed by atoms with Gasteiger partial charge in [0.1, 0.15) is 0 Å². The molecule has 0 aliphatic rings. The van der Waals surface area contributed by atoms with Crippen molar-refractivity contribution >= 4 is 17.5 Å². The molecule has 0 aliphatic heterocycles. The second-order valence-electron chi connectivity index (χ2n) is 6.29. The third kappa shape index (κ3) is 3.97. The van der Waals surface area contributed by atoms with Gasteiger partial charge in [0.25, 0.3) is 0 Å². The van der Waals surface area contributed by atoms with E-state index in [1.165, 1.54) is 0 Å². The summed E-state index contributed by atoms with van der Waals surface area (Å²) in [5, 5.41) is 0.705. The van der Waals surface area contributed by atoms with Crippen molar-refractivity contribution in [2.45, 2.75) is 53.6 Å². The first kappa shape index (κ1) is 16.0. The van der Waals surface area contributed by atoms with E-state index in [0.29, 0.717) is 5.02 Å². The second-order valence-corrected chi connectivity index (χ2v) is 6.72. The Bertz CT molecular complexity index is 448. The van der Waals surface area contributed by atoms with Gasteiger partial charge < -0.3 is 4.90 Å². The largest absolute Gasteiger partial charge is 0.333 e. The van der Waals surface area contributed by atoms with Gasteiger partial charge in [-0.1, -0.05) is 44.5 Å². The predicted octanol–water partition coefficient (Wildman–Crippen LogP) is 4.68. The number of rotatable bonds is 3. The standard InChI is InChI=1S/C16H24ClNO/c1-11(2)18(15(19)16(4,5)6)12(3)13-8-7-9-14(17)10-13/h7-12H,1-6H3/t12-/m1/s1. The van der Waals surface area contributed by atoms with Crippen LogP contribution >= 0.6 is 11.6 Å². The van der Waals surface area contributed by atoms with Crippen LogP contribution in [0.2, 0.25) is 5.02 Å². The van der Waals surface area contributed by atoms with E-state index in [0.717, 1.165) is 5.56 Å². The average Bonchev–Trinajstić information content (AvgIpc) is 2.27. The highest BCUT2D eigenvalue weighted by atomic mass is 35.5. The molecule has 0 saturated carbocycles. The van der Waals surface area contributed by atoms with Crippen LogP contribution in [0.25, 0.3) is 0 Å². The Labute approximate surface area is 121 Å². The van der Waals surface area contributed by atoms with Crippen LogP contribution in [0.4, 0.5) is 0 Å². The number of hydrogen-bond donors (Lipinski definition) is 0. The fourth-order valence-electron chi connectivity index (χ4n) is 2.17. The molecule has 0 bridgehead atoms. The third-order valence-electron chi connectivity index (χ3n) is 3.18. The van der Waals surface area contributed by atoms with Crippen LogP contribution in [0.5, 0.6) is 0 Å². The van der Waals surface area contributed by atoms with E-state index >= 15 is 0 Å². The molecule has 0 heterocycles. The molecular weight excluding hydrogens is 258 g/mol. The predicted molar refractivity (Wildman–Crippen MR) is 81.3 cm³/mol. The molecule has 0 spiro atoms. The summed E-state index contributed by atoms with van der Waals surface area (Å²) >= 11 is 6.04. The fourth-order valence-corrected chi connectivity index (χ4v) is 2.37.